The molecule has 1 atom stereocenters. The molecule has 4 N–H and O–H groups in total. The zero-order valence-corrected chi connectivity index (χ0v) is 22.4. The van der Waals surface area contributed by atoms with Crippen molar-refractivity contribution in [1.29, 1.82) is 0 Å². The van der Waals surface area contributed by atoms with Crippen molar-refractivity contribution in [1.82, 2.24) is 16.0 Å². The van der Waals surface area contributed by atoms with E-state index in [-0.39, 0.29) is 87.8 Å². The SMILES string of the molecule is CC(=O)COCCOCCNC(=O)COCCOCCNC(=O)CC[C@H](NC(=O)CC(C)(C)C)C(=O)O. The summed E-state index contributed by atoms with van der Waals surface area (Å²) >= 11 is 0. The highest BCUT2D eigenvalue weighted by molar-refractivity contribution is 5.84. The van der Waals surface area contributed by atoms with Crippen LogP contribution in [0.1, 0.15) is 47.0 Å². The summed E-state index contributed by atoms with van der Waals surface area (Å²) in [4.78, 5) is 57.5. The fourth-order valence-electron chi connectivity index (χ4n) is 2.75. The molecule has 0 aromatic rings. The third kappa shape index (κ3) is 23.5. The highest BCUT2D eigenvalue weighted by Gasteiger charge is 2.23. The molecule has 0 aliphatic rings. The third-order valence-corrected chi connectivity index (χ3v) is 4.40. The standard InChI is InChI=1S/C24H43N3O10/c1-18(28)16-36-13-11-35-10-8-26-22(31)17-37-14-12-34-9-7-25-20(29)6-5-19(23(32)33)27-21(30)15-24(2,3)4/h19H,5-17H2,1-4H3,(H,25,29)(H,26,31)(H,27,30)(H,32,33)/t19-/m0/s1. The number of ketones is 1. The Morgan fingerprint density at radius 3 is 1.76 bits per heavy atom. The van der Waals surface area contributed by atoms with E-state index in [2.05, 4.69) is 16.0 Å². The lowest BCUT2D eigenvalue weighted by Crippen LogP contribution is -2.42. The van der Waals surface area contributed by atoms with Crippen molar-refractivity contribution in [2.24, 2.45) is 5.41 Å². The first-order valence-electron chi connectivity index (χ1n) is 12.3. The van der Waals surface area contributed by atoms with Crippen LogP contribution in [-0.2, 0) is 42.9 Å². The third-order valence-electron chi connectivity index (χ3n) is 4.40. The van der Waals surface area contributed by atoms with Crippen molar-refractivity contribution in [3.63, 3.8) is 0 Å². The van der Waals surface area contributed by atoms with Crippen LogP contribution in [0.15, 0.2) is 0 Å². The smallest absolute Gasteiger partial charge is 0.326 e. The molecule has 0 saturated carbocycles. The molecule has 0 saturated heterocycles. The molecule has 0 spiro atoms. The van der Waals surface area contributed by atoms with Gasteiger partial charge in [0.2, 0.25) is 17.7 Å². The van der Waals surface area contributed by atoms with Gasteiger partial charge in [0.1, 0.15) is 19.3 Å². The Labute approximate surface area is 218 Å². The van der Waals surface area contributed by atoms with Crippen molar-refractivity contribution in [3.8, 4) is 0 Å². The fourth-order valence-corrected chi connectivity index (χ4v) is 2.75. The molecule has 0 rings (SSSR count). The summed E-state index contributed by atoms with van der Waals surface area (Å²) in [5, 5.41) is 17.0. The number of carbonyl (C=O) groups is 5. The molecule has 0 aromatic heterocycles. The molecule has 0 aliphatic heterocycles. The number of carboxylic acids is 1. The van der Waals surface area contributed by atoms with Gasteiger partial charge in [0, 0.05) is 25.9 Å². The Kier molecular flexibility index (Phi) is 19.0. The maximum atomic E-state index is 11.9. The molecular weight excluding hydrogens is 490 g/mol. The summed E-state index contributed by atoms with van der Waals surface area (Å²) < 4.78 is 20.8. The Balaban J connectivity index is 3.69. The minimum atomic E-state index is -1.19. The summed E-state index contributed by atoms with van der Waals surface area (Å²) in [6.07, 6.45) is 0.115. The number of hydrogen-bond acceptors (Lipinski definition) is 9. The molecule has 0 bridgehead atoms. The van der Waals surface area contributed by atoms with Gasteiger partial charge in [-0.3, -0.25) is 19.2 Å². The summed E-state index contributed by atoms with van der Waals surface area (Å²) in [7, 11) is 0. The van der Waals surface area contributed by atoms with E-state index in [9.17, 15) is 29.1 Å². The molecule has 37 heavy (non-hydrogen) atoms. The topological polar surface area (TPSA) is 179 Å². The van der Waals surface area contributed by atoms with Gasteiger partial charge in [-0.15, -0.1) is 0 Å². The van der Waals surface area contributed by atoms with Crippen molar-refractivity contribution in [2.75, 3.05) is 65.9 Å². The van der Waals surface area contributed by atoms with Gasteiger partial charge in [-0.25, -0.2) is 4.79 Å². The minimum Gasteiger partial charge on any atom is -0.480 e. The van der Waals surface area contributed by atoms with Gasteiger partial charge in [-0.2, -0.15) is 0 Å². The first-order valence-corrected chi connectivity index (χ1v) is 12.3. The number of rotatable bonds is 22. The Morgan fingerprint density at radius 2 is 1.24 bits per heavy atom. The second-order valence-electron chi connectivity index (χ2n) is 9.47. The summed E-state index contributed by atoms with van der Waals surface area (Å²) in [6, 6.07) is -1.13. The van der Waals surface area contributed by atoms with Crippen molar-refractivity contribution in [2.45, 2.75) is 53.0 Å². The Bertz CT molecular complexity index is 709. The van der Waals surface area contributed by atoms with Crippen LogP contribution in [-0.4, -0.2) is 107 Å². The predicted octanol–water partition coefficient (Wildman–Crippen LogP) is -0.340. The molecule has 0 aromatic carbocycles. The van der Waals surface area contributed by atoms with Gasteiger partial charge in [-0.1, -0.05) is 20.8 Å². The number of carboxylic acid groups (broad SMARTS) is 1. The summed E-state index contributed by atoms with van der Waals surface area (Å²) in [5.41, 5.74) is -0.271. The molecule has 13 nitrogen and oxygen atoms in total. The lowest BCUT2D eigenvalue weighted by atomic mass is 9.92. The molecule has 214 valence electrons. The van der Waals surface area contributed by atoms with Crippen LogP contribution in [0.5, 0.6) is 0 Å². The van der Waals surface area contributed by atoms with E-state index in [1.807, 2.05) is 20.8 Å². The number of aliphatic carboxylic acids is 1. The molecule has 0 fully saturated rings. The summed E-state index contributed by atoms with van der Waals surface area (Å²) in [6.45, 7) is 9.14. The number of carbonyl (C=O) groups excluding carboxylic acids is 4. The van der Waals surface area contributed by atoms with Crippen LogP contribution < -0.4 is 16.0 Å². The average Bonchev–Trinajstić information content (AvgIpc) is 2.78. The highest BCUT2D eigenvalue weighted by Crippen LogP contribution is 2.18. The normalized spacial score (nSPS) is 12.0. The molecule has 0 aliphatic carbocycles. The number of ether oxygens (including phenoxy) is 4. The van der Waals surface area contributed by atoms with Gasteiger partial charge in [0.25, 0.3) is 0 Å². The second-order valence-corrected chi connectivity index (χ2v) is 9.47. The van der Waals surface area contributed by atoms with Crippen LogP contribution >= 0.6 is 0 Å². The lowest BCUT2D eigenvalue weighted by molar-refractivity contribution is -0.142. The largest absolute Gasteiger partial charge is 0.480 e. The van der Waals surface area contributed by atoms with Crippen molar-refractivity contribution in [3.05, 3.63) is 0 Å². The Morgan fingerprint density at radius 1 is 0.730 bits per heavy atom. The molecule has 3 amide bonds. The minimum absolute atomic E-state index is 0.0184. The van der Waals surface area contributed by atoms with E-state index in [0.29, 0.717) is 26.4 Å². The van der Waals surface area contributed by atoms with E-state index in [1.165, 1.54) is 6.92 Å². The van der Waals surface area contributed by atoms with Gasteiger partial charge in [0.15, 0.2) is 5.78 Å². The van der Waals surface area contributed by atoms with Gasteiger partial charge in [-0.05, 0) is 18.8 Å². The number of amides is 3. The lowest BCUT2D eigenvalue weighted by Gasteiger charge is -2.20. The van der Waals surface area contributed by atoms with Crippen LogP contribution in [0.25, 0.3) is 0 Å². The molecule has 0 unspecified atom stereocenters. The van der Waals surface area contributed by atoms with Crippen LogP contribution in [0, 0.1) is 5.41 Å². The average molecular weight is 534 g/mol. The number of nitrogens with one attached hydrogen (secondary N) is 3. The van der Waals surface area contributed by atoms with Crippen molar-refractivity contribution >= 4 is 29.5 Å². The van der Waals surface area contributed by atoms with Gasteiger partial charge >= 0.3 is 5.97 Å². The van der Waals surface area contributed by atoms with Crippen molar-refractivity contribution < 1.29 is 48.0 Å². The second kappa shape index (κ2) is 20.4. The first-order chi connectivity index (χ1) is 17.4. The van der Waals surface area contributed by atoms with Crippen LogP contribution in [0.4, 0.5) is 0 Å². The first kappa shape index (κ1) is 34.4. The molecule has 0 heterocycles. The van der Waals surface area contributed by atoms with Gasteiger partial charge < -0.3 is 40.0 Å². The van der Waals surface area contributed by atoms with E-state index in [0.717, 1.165) is 0 Å². The summed E-state index contributed by atoms with van der Waals surface area (Å²) in [5.74, 6) is -2.25. The maximum absolute atomic E-state index is 11.9. The fraction of sp³-hybridized carbons (Fsp3) is 0.792. The quantitative estimate of drug-likeness (QED) is 0.135. The Hall–Kier alpha value is -2.61. The van der Waals surface area contributed by atoms with E-state index in [1.54, 1.807) is 0 Å². The molecule has 13 heteroatoms. The van der Waals surface area contributed by atoms with E-state index >= 15 is 0 Å². The maximum Gasteiger partial charge on any atom is 0.326 e. The van der Waals surface area contributed by atoms with Crippen LogP contribution in [0.2, 0.25) is 0 Å². The molecule has 0 radical (unpaired) electrons. The van der Waals surface area contributed by atoms with Crippen LogP contribution in [0.3, 0.4) is 0 Å². The zero-order chi connectivity index (χ0) is 28.1. The van der Waals surface area contributed by atoms with E-state index in [4.69, 9.17) is 18.9 Å². The monoisotopic (exact) mass is 533 g/mol. The zero-order valence-electron chi connectivity index (χ0n) is 22.4. The van der Waals surface area contributed by atoms with Gasteiger partial charge in [0.05, 0.1) is 39.6 Å². The molecular formula is C24H43N3O10. The van der Waals surface area contributed by atoms with E-state index < -0.39 is 12.0 Å². The highest BCUT2D eigenvalue weighted by atomic mass is 16.5. The number of Topliss-reactive ketones (excluding diaryl/α,β-unsaturated/α-hetero) is 1. The number of hydrogen-bond donors (Lipinski definition) is 4. The predicted molar refractivity (Wildman–Crippen MR) is 133 cm³/mol.